The molecule has 2 nitrogen and oxygen atoms in total. The molecule has 1 atom stereocenters. The van der Waals surface area contributed by atoms with Gasteiger partial charge in [0.05, 0.1) is 16.1 Å². The molecule has 0 aliphatic rings. The lowest BCUT2D eigenvalue weighted by atomic mass is 10.1. The minimum absolute atomic E-state index is 0.280. The second-order valence-corrected chi connectivity index (χ2v) is 5.63. The van der Waals surface area contributed by atoms with Crippen molar-refractivity contribution in [2.45, 2.75) is 12.5 Å². The monoisotopic (exact) mass is 327 g/mol. The lowest BCUT2D eigenvalue weighted by Gasteiger charge is -2.21. The number of rotatable bonds is 5. The molecule has 2 rings (SSSR count). The molecule has 112 valence electrons. The maximum Gasteiger partial charge on any atom is 0.125 e. The fourth-order valence-electron chi connectivity index (χ4n) is 2.09. The molecule has 5 heteroatoms. The summed E-state index contributed by atoms with van der Waals surface area (Å²) in [7, 11) is 1.85. The summed E-state index contributed by atoms with van der Waals surface area (Å²) in [5.74, 6) is -0.280. The van der Waals surface area contributed by atoms with Gasteiger partial charge in [-0.25, -0.2) is 4.39 Å². The molecular formula is C16H16Cl2FNO. The van der Waals surface area contributed by atoms with Gasteiger partial charge in [-0.05, 0) is 30.7 Å². The first-order chi connectivity index (χ1) is 9.99. The number of aliphatic hydroxyl groups excluding tert-OH is 1. The highest BCUT2D eigenvalue weighted by molar-refractivity contribution is 6.42. The lowest BCUT2D eigenvalue weighted by Crippen LogP contribution is -2.20. The second kappa shape index (κ2) is 7.12. The molecule has 0 saturated heterocycles. The fourth-order valence-corrected chi connectivity index (χ4v) is 2.53. The van der Waals surface area contributed by atoms with E-state index in [-0.39, 0.29) is 5.82 Å². The Kier molecular flexibility index (Phi) is 5.45. The van der Waals surface area contributed by atoms with Crippen LogP contribution < -0.4 is 4.90 Å². The Labute approximate surface area is 133 Å². The molecule has 21 heavy (non-hydrogen) atoms. The quantitative estimate of drug-likeness (QED) is 0.860. The first-order valence-electron chi connectivity index (χ1n) is 6.57. The van der Waals surface area contributed by atoms with Gasteiger partial charge in [0.25, 0.3) is 0 Å². The van der Waals surface area contributed by atoms with Crippen molar-refractivity contribution in [1.82, 2.24) is 0 Å². The summed E-state index contributed by atoms with van der Waals surface area (Å²) in [4.78, 5) is 1.88. The standard InChI is InChI=1S/C16H16Cl2FNO/c1-20(12-5-2-4-11(19)10-12)9-8-15(21)13-6-3-7-14(17)16(13)18/h2-7,10,15,21H,8-9H2,1H3. The maximum atomic E-state index is 13.2. The molecule has 0 amide bonds. The van der Waals surface area contributed by atoms with Gasteiger partial charge in [-0.15, -0.1) is 0 Å². The van der Waals surface area contributed by atoms with Gasteiger partial charge in [-0.2, -0.15) is 0 Å². The van der Waals surface area contributed by atoms with E-state index in [1.165, 1.54) is 12.1 Å². The van der Waals surface area contributed by atoms with Crippen LogP contribution in [0.2, 0.25) is 10.0 Å². The fraction of sp³-hybridized carbons (Fsp3) is 0.250. The summed E-state index contributed by atoms with van der Waals surface area (Å²) in [5.41, 5.74) is 1.37. The highest BCUT2D eigenvalue weighted by Crippen LogP contribution is 2.31. The van der Waals surface area contributed by atoms with Crippen molar-refractivity contribution in [2.24, 2.45) is 0 Å². The van der Waals surface area contributed by atoms with Gasteiger partial charge in [0.2, 0.25) is 0 Å². The molecule has 0 radical (unpaired) electrons. The summed E-state index contributed by atoms with van der Waals surface area (Å²) in [6, 6.07) is 11.5. The highest BCUT2D eigenvalue weighted by atomic mass is 35.5. The Morgan fingerprint density at radius 2 is 1.90 bits per heavy atom. The molecule has 1 N–H and O–H groups in total. The van der Waals surface area contributed by atoms with Crippen LogP contribution in [0.3, 0.4) is 0 Å². The number of nitrogens with zero attached hydrogens (tertiary/aromatic N) is 1. The van der Waals surface area contributed by atoms with Gasteiger partial charge in [0, 0.05) is 24.8 Å². The van der Waals surface area contributed by atoms with E-state index in [2.05, 4.69) is 0 Å². The van der Waals surface area contributed by atoms with Crippen LogP contribution in [0.4, 0.5) is 10.1 Å². The van der Waals surface area contributed by atoms with Crippen molar-refractivity contribution in [3.05, 3.63) is 63.9 Å². The Balaban J connectivity index is 2.00. The summed E-state index contributed by atoms with van der Waals surface area (Å²) < 4.78 is 13.2. The molecule has 0 saturated carbocycles. The van der Waals surface area contributed by atoms with Crippen molar-refractivity contribution in [2.75, 3.05) is 18.5 Å². The molecule has 1 unspecified atom stereocenters. The van der Waals surface area contributed by atoms with Crippen LogP contribution >= 0.6 is 23.2 Å². The Bertz CT molecular complexity index is 621. The van der Waals surface area contributed by atoms with E-state index in [0.717, 1.165) is 5.69 Å². The Morgan fingerprint density at radius 1 is 1.19 bits per heavy atom. The van der Waals surface area contributed by atoms with Crippen LogP contribution in [-0.4, -0.2) is 18.7 Å². The molecule has 0 fully saturated rings. The van der Waals surface area contributed by atoms with E-state index in [4.69, 9.17) is 23.2 Å². The predicted octanol–water partition coefficient (Wildman–Crippen LogP) is 4.69. The summed E-state index contributed by atoms with van der Waals surface area (Å²) in [6.45, 7) is 0.563. The number of aliphatic hydroxyl groups is 1. The van der Waals surface area contributed by atoms with Crippen molar-refractivity contribution in [1.29, 1.82) is 0 Å². The smallest absolute Gasteiger partial charge is 0.125 e. The number of hydrogen-bond donors (Lipinski definition) is 1. The zero-order chi connectivity index (χ0) is 15.4. The molecular weight excluding hydrogens is 312 g/mol. The van der Waals surface area contributed by atoms with E-state index in [1.54, 1.807) is 24.3 Å². The lowest BCUT2D eigenvalue weighted by molar-refractivity contribution is 0.170. The minimum atomic E-state index is -0.716. The molecule has 0 aliphatic carbocycles. The zero-order valence-electron chi connectivity index (χ0n) is 11.6. The van der Waals surface area contributed by atoms with Crippen LogP contribution in [0.15, 0.2) is 42.5 Å². The molecule has 2 aromatic rings. The van der Waals surface area contributed by atoms with Crippen molar-refractivity contribution in [3.63, 3.8) is 0 Å². The maximum absolute atomic E-state index is 13.2. The van der Waals surface area contributed by atoms with Crippen LogP contribution in [0, 0.1) is 5.82 Å². The predicted molar refractivity (Wildman–Crippen MR) is 85.7 cm³/mol. The first kappa shape index (κ1) is 16.1. The third kappa shape index (κ3) is 4.10. The van der Waals surface area contributed by atoms with E-state index in [0.29, 0.717) is 28.6 Å². The SMILES string of the molecule is CN(CCC(O)c1cccc(Cl)c1Cl)c1cccc(F)c1. The van der Waals surface area contributed by atoms with Crippen LogP contribution in [0.5, 0.6) is 0 Å². The van der Waals surface area contributed by atoms with Crippen LogP contribution in [0.25, 0.3) is 0 Å². The van der Waals surface area contributed by atoms with Crippen molar-refractivity contribution >= 4 is 28.9 Å². The third-order valence-corrected chi connectivity index (χ3v) is 4.16. The zero-order valence-corrected chi connectivity index (χ0v) is 13.1. The molecule has 2 aromatic carbocycles. The van der Waals surface area contributed by atoms with Gasteiger partial charge >= 0.3 is 0 Å². The first-order valence-corrected chi connectivity index (χ1v) is 7.33. The van der Waals surface area contributed by atoms with Gasteiger partial charge < -0.3 is 10.0 Å². The van der Waals surface area contributed by atoms with E-state index in [1.807, 2.05) is 18.0 Å². The van der Waals surface area contributed by atoms with Crippen LogP contribution in [0.1, 0.15) is 18.1 Å². The Morgan fingerprint density at radius 3 is 2.62 bits per heavy atom. The van der Waals surface area contributed by atoms with Gasteiger partial charge in [-0.3, -0.25) is 0 Å². The van der Waals surface area contributed by atoms with Gasteiger partial charge in [-0.1, -0.05) is 41.4 Å². The molecule has 0 bridgehead atoms. The number of halogens is 3. The molecule has 0 aliphatic heterocycles. The highest BCUT2D eigenvalue weighted by Gasteiger charge is 2.14. The van der Waals surface area contributed by atoms with Gasteiger partial charge in [0.15, 0.2) is 0 Å². The Hall–Kier alpha value is -1.29. The topological polar surface area (TPSA) is 23.5 Å². The molecule has 0 heterocycles. The average Bonchev–Trinajstić information content (AvgIpc) is 2.47. The molecule has 0 aromatic heterocycles. The van der Waals surface area contributed by atoms with Gasteiger partial charge in [0.1, 0.15) is 5.82 Å². The van der Waals surface area contributed by atoms with Crippen molar-refractivity contribution < 1.29 is 9.50 Å². The minimum Gasteiger partial charge on any atom is -0.388 e. The summed E-state index contributed by atoms with van der Waals surface area (Å²) in [6.07, 6.45) is -0.250. The second-order valence-electron chi connectivity index (χ2n) is 4.85. The average molecular weight is 328 g/mol. The van der Waals surface area contributed by atoms with Crippen molar-refractivity contribution in [3.8, 4) is 0 Å². The van der Waals surface area contributed by atoms with E-state index < -0.39 is 6.10 Å². The van der Waals surface area contributed by atoms with Crippen LogP contribution in [-0.2, 0) is 0 Å². The third-order valence-electron chi connectivity index (χ3n) is 3.33. The summed E-state index contributed by atoms with van der Waals surface area (Å²) >= 11 is 12.0. The van der Waals surface area contributed by atoms with E-state index in [9.17, 15) is 9.50 Å². The van der Waals surface area contributed by atoms with E-state index >= 15 is 0 Å². The summed E-state index contributed by atoms with van der Waals surface area (Å²) in [5, 5.41) is 11.0. The number of anilines is 1. The molecule has 0 spiro atoms. The number of hydrogen-bond acceptors (Lipinski definition) is 2. The largest absolute Gasteiger partial charge is 0.388 e. The normalized spacial score (nSPS) is 12.2. The number of benzene rings is 2.